The molecule has 0 heterocycles. The summed E-state index contributed by atoms with van der Waals surface area (Å²) in [5.41, 5.74) is 1.21. The Kier molecular flexibility index (Phi) is 6.37. The number of benzene rings is 1. The van der Waals surface area contributed by atoms with Gasteiger partial charge in [-0.25, -0.2) is 0 Å². The third-order valence-corrected chi connectivity index (χ3v) is 4.65. The third-order valence-electron chi connectivity index (χ3n) is 4.65. The van der Waals surface area contributed by atoms with Crippen molar-refractivity contribution >= 4 is 0 Å². The largest absolute Gasteiger partial charge is 0.497 e. The van der Waals surface area contributed by atoms with Crippen LogP contribution in [0.2, 0.25) is 0 Å². The van der Waals surface area contributed by atoms with Crippen LogP contribution in [-0.2, 0) is 6.54 Å². The van der Waals surface area contributed by atoms with E-state index in [2.05, 4.69) is 24.4 Å². The molecule has 1 aliphatic carbocycles. The van der Waals surface area contributed by atoms with Crippen molar-refractivity contribution in [3.8, 4) is 11.5 Å². The van der Waals surface area contributed by atoms with E-state index in [1.165, 1.54) is 44.1 Å². The fourth-order valence-electron chi connectivity index (χ4n) is 3.22. The zero-order valence-electron chi connectivity index (χ0n) is 13.7. The number of hydrogen-bond acceptors (Lipinski definition) is 3. The van der Waals surface area contributed by atoms with Crippen LogP contribution in [0.4, 0.5) is 0 Å². The summed E-state index contributed by atoms with van der Waals surface area (Å²) in [6.45, 7) is 3.19. The first-order valence-corrected chi connectivity index (χ1v) is 8.18. The van der Waals surface area contributed by atoms with Gasteiger partial charge in [0.2, 0.25) is 0 Å². The first-order chi connectivity index (χ1) is 10.2. The lowest BCUT2D eigenvalue weighted by Gasteiger charge is -2.24. The molecule has 0 bridgehead atoms. The highest BCUT2D eigenvalue weighted by Gasteiger charge is 2.18. The number of ether oxygens (including phenoxy) is 2. The molecule has 1 N–H and O–H groups in total. The van der Waals surface area contributed by atoms with E-state index in [1.54, 1.807) is 14.2 Å². The fourth-order valence-corrected chi connectivity index (χ4v) is 3.22. The highest BCUT2D eigenvalue weighted by atomic mass is 16.5. The van der Waals surface area contributed by atoms with Crippen LogP contribution in [0.15, 0.2) is 18.2 Å². The van der Waals surface area contributed by atoms with Crippen molar-refractivity contribution in [1.82, 2.24) is 5.32 Å². The van der Waals surface area contributed by atoms with E-state index in [0.717, 1.165) is 24.0 Å². The molecule has 0 saturated heterocycles. The number of nitrogens with one attached hydrogen (secondary N) is 1. The SMILES string of the molecule is COc1cc(CN[C@H](C)C2CCCCCC2)cc(OC)c1. The monoisotopic (exact) mass is 291 g/mol. The van der Waals surface area contributed by atoms with Gasteiger partial charge in [-0.3, -0.25) is 0 Å². The molecule has 0 aromatic heterocycles. The second kappa shape index (κ2) is 8.28. The number of methoxy groups -OCH3 is 2. The summed E-state index contributed by atoms with van der Waals surface area (Å²) >= 11 is 0. The van der Waals surface area contributed by atoms with Gasteiger partial charge in [-0.2, -0.15) is 0 Å². The van der Waals surface area contributed by atoms with Gasteiger partial charge in [0, 0.05) is 18.7 Å². The van der Waals surface area contributed by atoms with Gasteiger partial charge in [-0.1, -0.05) is 25.7 Å². The molecule has 1 aromatic rings. The van der Waals surface area contributed by atoms with Crippen molar-refractivity contribution < 1.29 is 9.47 Å². The summed E-state index contributed by atoms with van der Waals surface area (Å²) in [6, 6.07) is 6.64. The van der Waals surface area contributed by atoms with Crippen molar-refractivity contribution in [2.75, 3.05) is 14.2 Å². The first-order valence-electron chi connectivity index (χ1n) is 8.18. The minimum Gasteiger partial charge on any atom is -0.497 e. The van der Waals surface area contributed by atoms with Crippen LogP contribution in [0.1, 0.15) is 51.0 Å². The number of hydrogen-bond donors (Lipinski definition) is 1. The molecule has 0 amide bonds. The lowest BCUT2D eigenvalue weighted by molar-refractivity contribution is 0.336. The van der Waals surface area contributed by atoms with Crippen molar-refractivity contribution in [3.05, 3.63) is 23.8 Å². The van der Waals surface area contributed by atoms with E-state index in [0.29, 0.717) is 6.04 Å². The molecule has 1 fully saturated rings. The molecule has 0 aliphatic heterocycles. The molecule has 1 aromatic carbocycles. The maximum Gasteiger partial charge on any atom is 0.122 e. The van der Waals surface area contributed by atoms with E-state index in [-0.39, 0.29) is 0 Å². The van der Waals surface area contributed by atoms with E-state index < -0.39 is 0 Å². The van der Waals surface area contributed by atoms with Gasteiger partial charge in [-0.05, 0) is 43.4 Å². The summed E-state index contributed by atoms with van der Waals surface area (Å²) in [6.07, 6.45) is 8.35. The van der Waals surface area contributed by atoms with E-state index >= 15 is 0 Å². The normalized spacial score (nSPS) is 18.0. The maximum atomic E-state index is 5.33. The van der Waals surface area contributed by atoms with E-state index in [9.17, 15) is 0 Å². The Bertz CT molecular complexity index is 403. The molecular weight excluding hydrogens is 262 g/mol. The molecule has 0 spiro atoms. The van der Waals surface area contributed by atoms with E-state index in [1.807, 2.05) is 6.07 Å². The van der Waals surface area contributed by atoms with Gasteiger partial charge < -0.3 is 14.8 Å². The Balaban J connectivity index is 1.92. The minimum atomic E-state index is 0.570. The Morgan fingerprint density at radius 3 is 2.10 bits per heavy atom. The lowest BCUT2D eigenvalue weighted by Crippen LogP contribution is -2.32. The molecule has 3 heteroatoms. The molecule has 21 heavy (non-hydrogen) atoms. The van der Waals surface area contributed by atoms with Crippen molar-refractivity contribution in [2.45, 2.75) is 58.0 Å². The highest BCUT2D eigenvalue weighted by molar-refractivity contribution is 5.38. The zero-order chi connectivity index (χ0) is 15.1. The topological polar surface area (TPSA) is 30.5 Å². The summed E-state index contributed by atoms with van der Waals surface area (Å²) in [4.78, 5) is 0. The van der Waals surface area contributed by atoms with Crippen molar-refractivity contribution in [2.24, 2.45) is 5.92 Å². The predicted molar refractivity (Wildman–Crippen MR) is 87.0 cm³/mol. The van der Waals surface area contributed by atoms with Gasteiger partial charge in [-0.15, -0.1) is 0 Å². The Labute approximate surface area is 129 Å². The quantitative estimate of drug-likeness (QED) is 0.799. The van der Waals surface area contributed by atoms with Gasteiger partial charge >= 0.3 is 0 Å². The Morgan fingerprint density at radius 1 is 1.00 bits per heavy atom. The lowest BCUT2D eigenvalue weighted by atomic mass is 9.93. The van der Waals surface area contributed by atoms with Crippen molar-refractivity contribution in [3.63, 3.8) is 0 Å². The van der Waals surface area contributed by atoms with Crippen molar-refractivity contribution in [1.29, 1.82) is 0 Å². The summed E-state index contributed by atoms with van der Waals surface area (Å²) < 4.78 is 10.7. The van der Waals surface area contributed by atoms with Crippen LogP contribution in [0.3, 0.4) is 0 Å². The minimum absolute atomic E-state index is 0.570. The molecule has 1 saturated carbocycles. The van der Waals surface area contributed by atoms with Crippen LogP contribution < -0.4 is 14.8 Å². The first kappa shape index (κ1) is 16.2. The zero-order valence-corrected chi connectivity index (χ0v) is 13.7. The molecule has 2 rings (SSSR count). The molecule has 1 atom stereocenters. The van der Waals surface area contributed by atoms with Gasteiger partial charge in [0.25, 0.3) is 0 Å². The highest BCUT2D eigenvalue weighted by Crippen LogP contribution is 2.26. The Hall–Kier alpha value is -1.22. The fraction of sp³-hybridized carbons (Fsp3) is 0.667. The smallest absolute Gasteiger partial charge is 0.122 e. The van der Waals surface area contributed by atoms with Crippen LogP contribution in [-0.4, -0.2) is 20.3 Å². The molecule has 3 nitrogen and oxygen atoms in total. The van der Waals surface area contributed by atoms with Gasteiger partial charge in [0.15, 0.2) is 0 Å². The third kappa shape index (κ3) is 4.92. The van der Waals surface area contributed by atoms with Crippen LogP contribution in [0.25, 0.3) is 0 Å². The maximum absolute atomic E-state index is 5.33. The van der Waals surface area contributed by atoms with E-state index in [4.69, 9.17) is 9.47 Å². The second-order valence-electron chi connectivity index (χ2n) is 6.14. The van der Waals surface area contributed by atoms with Crippen LogP contribution >= 0.6 is 0 Å². The Morgan fingerprint density at radius 2 is 1.57 bits per heavy atom. The standard InChI is InChI=1S/C18H29NO2/c1-14(16-8-6-4-5-7-9-16)19-13-15-10-17(20-2)12-18(11-15)21-3/h10-12,14,16,19H,4-9,13H2,1-3H3/t14-/m1/s1. The average molecular weight is 291 g/mol. The van der Waals surface area contributed by atoms with Gasteiger partial charge in [0.1, 0.15) is 11.5 Å². The molecule has 0 unspecified atom stereocenters. The summed E-state index contributed by atoms with van der Waals surface area (Å²) in [7, 11) is 3.39. The summed E-state index contributed by atoms with van der Waals surface area (Å²) in [5.74, 6) is 2.53. The van der Waals surface area contributed by atoms with Crippen LogP contribution in [0, 0.1) is 5.92 Å². The summed E-state index contributed by atoms with van der Waals surface area (Å²) in [5, 5.41) is 3.69. The average Bonchev–Trinajstić information content (AvgIpc) is 2.81. The number of rotatable bonds is 6. The molecule has 1 aliphatic rings. The molecule has 0 radical (unpaired) electrons. The predicted octanol–water partition coefficient (Wildman–Crippen LogP) is 4.15. The van der Waals surface area contributed by atoms with Crippen LogP contribution in [0.5, 0.6) is 11.5 Å². The second-order valence-corrected chi connectivity index (χ2v) is 6.14. The molecular formula is C18H29NO2. The van der Waals surface area contributed by atoms with Gasteiger partial charge in [0.05, 0.1) is 14.2 Å². The molecule has 118 valence electrons.